The Morgan fingerprint density at radius 3 is 2.76 bits per heavy atom. The quantitative estimate of drug-likeness (QED) is 0.911. The first-order valence-corrected chi connectivity index (χ1v) is 7.38. The molecule has 5 heteroatoms. The molecule has 1 N–H and O–H groups in total. The Hall–Kier alpha value is -1.75. The molecule has 2 atom stereocenters. The van der Waals surface area contributed by atoms with Crippen molar-refractivity contribution in [3.63, 3.8) is 0 Å². The summed E-state index contributed by atoms with van der Waals surface area (Å²) in [6.07, 6.45) is 0.0682. The number of hydrogen-bond donors (Lipinski definition) is 1. The molecule has 0 bridgehead atoms. The van der Waals surface area contributed by atoms with Gasteiger partial charge in [0.15, 0.2) is 0 Å². The minimum Gasteiger partial charge on any atom is -0.377 e. The monoisotopic (exact) mass is 291 g/mol. The molecule has 2 amide bonds. The minimum atomic E-state index is -0.0587. The maximum absolute atomic E-state index is 12.5. The van der Waals surface area contributed by atoms with Gasteiger partial charge in [0, 0.05) is 32.0 Å². The number of nitrogens with zero attached hydrogens (tertiary/aromatic N) is 2. The normalized spacial score (nSPS) is 22.0. The lowest BCUT2D eigenvalue weighted by atomic mass is 10.1. The summed E-state index contributed by atoms with van der Waals surface area (Å²) in [6, 6.07) is 5.97. The summed E-state index contributed by atoms with van der Waals surface area (Å²) in [5, 5.41) is 3.03. The molecule has 0 unspecified atom stereocenters. The number of nitrogens with one attached hydrogen (secondary N) is 1. The van der Waals surface area contributed by atoms with Crippen molar-refractivity contribution in [3.8, 4) is 0 Å². The van der Waals surface area contributed by atoms with E-state index in [-0.39, 0.29) is 18.2 Å². The fourth-order valence-corrected chi connectivity index (χ4v) is 2.65. The van der Waals surface area contributed by atoms with Crippen molar-refractivity contribution in [3.05, 3.63) is 23.8 Å². The standard InChI is InChI=1S/C16H25N3O2/c1-11-14(7-6-8-15(11)18(4)5)17-16(20)19-9-10-21-13(3)12(19)2/h6-8,12-13H,9-10H2,1-5H3,(H,17,20)/t12-,13-/m1/s1. The second-order valence-corrected chi connectivity index (χ2v) is 5.78. The number of morpholine rings is 1. The first-order valence-electron chi connectivity index (χ1n) is 7.38. The fourth-order valence-electron chi connectivity index (χ4n) is 2.65. The highest BCUT2D eigenvalue weighted by Crippen LogP contribution is 2.26. The zero-order valence-electron chi connectivity index (χ0n) is 13.5. The van der Waals surface area contributed by atoms with Gasteiger partial charge in [-0.25, -0.2) is 4.79 Å². The van der Waals surface area contributed by atoms with Crippen molar-refractivity contribution in [2.75, 3.05) is 37.5 Å². The molecular formula is C16H25N3O2. The molecule has 0 radical (unpaired) electrons. The van der Waals surface area contributed by atoms with Gasteiger partial charge in [-0.1, -0.05) is 6.07 Å². The number of hydrogen-bond acceptors (Lipinski definition) is 3. The number of carbonyl (C=O) groups is 1. The second-order valence-electron chi connectivity index (χ2n) is 5.78. The summed E-state index contributed by atoms with van der Waals surface area (Å²) in [7, 11) is 4.00. The summed E-state index contributed by atoms with van der Waals surface area (Å²) in [6.45, 7) is 7.27. The summed E-state index contributed by atoms with van der Waals surface area (Å²) in [5.41, 5.74) is 3.04. The van der Waals surface area contributed by atoms with E-state index in [2.05, 4.69) is 5.32 Å². The van der Waals surface area contributed by atoms with Gasteiger partial charge in [0.25, 0.3) is 0 Å². The van der Waals surface area contributed by atoms with Crippen LogP contribution in [0.5, 0.6) is 0 Å². The maximum atomic E-state index is 12.5. The minimum absolute atomic E-state index is 0.0587. The molecule has 0 saturated carbocycles. The molecule has 2 rings (SSSR count). The molecule has 0 aromatic heterocycles. The van der Waals surface area contributed by atoms with Crippen molar-refractivity contribution in [2.24, 2.45) is 0 Å². The predicted molar refractivity (Wildman–Crippen MR) is 86.1 cm³/mol. The van der Waals surface area contributed by atoms with E-state index in [0.717, 1.165) is 16.9 Å². The molecule has 5 nitrogen and oxygen atoms in total. The van der Waals surface area contributed by atoms with E-state index >= 15 is 0 Å². The van der Waals surface area contributed by atoms with Gasteiger partial charge in [0.1, 0.15) is 0 Å². The van der Waals surface area contributed by atoms with Crippen molar-refractivity contribution in [1.29, 1.82) is 0 Å². The lowest BCUT2D eigenvalue weighted by molar-refractivity contribution is -0.0355. The van der Waals surface area contributed by atoms with Crippen LogP contribution in [-0.4, -0.2) is 50.3 Å². The smallest absolute Gasteiger partial charge is 0.322 e. The van der Waals surface area contributed by atoms with Crippen molar-refractivity contribution in [2.45, 2.75) is 32.9 Å². The Balaban J connectivity index is 2.14. The summed E-state index contributed by atoms with van der Waals surface area (Å²) >= 11 is 0. The second kappa shape index (κ2) is 6.35. The zero-order chi connectivity index (χ0) is 15.6. The third-order valence-corrected chi connectivity index (χ3v) is 4.17. The Bertz CT molecular complexity index is 516. The molecule has 1 aromatic carbocycles. The van der Waals surface area contributed by atoms with Gasteiger partial charge in [-0.15, -0.1) is 0 Å². The molecule has 116 valence electrons. The van der Waals surface area contributed by atoms with Crippen LogP contribution in [0.1, 0.15) is 19.4 Å². The number of rotatable bonds is 2. The molecule has 1 aliphatic heterocycles. The summed E-state index contributed by atoms with van der Waals surface area (Å²) in [4.78, 5) is 16.4. The van der Waals surface area contributed by atoms with E-state index in [0.29, 0.717) is 13.2 Å². The van der Waals surface area contributed by atoms with Crippen LogP contribution >= 0.6 is 0 Å². The predicted octanol–water partition coefficient (Wildman–Crippen LogP) is 2.70. The van der Waals surface area contributed by atoms with Crippen molar-refractivity contribution < 1.29 is 9.53 Å². The van der Waals surface area contributed by atoms with Gasteiger partial charge in [-0.3, -0.25) is 0 Å². The van der Waals surface area contributed by atoms with E-state index in [1.54, 1.807) is 0 Å². The van der Waals surface area contributed by atoms with Crippen LogP contribution in [0, 0.1) is 6.92 Å². The topological polar surface area (TPSA) is 44.8 Å². The Morgan fingerprint density at radius 1 is 1.38 bits per heavy atom. The van der Waals surface area contributed by atoms with E-state index < -0.39 is 0 Å². The molecule has 1 aromatic rings. The molecule has 0 spiro atoms. The Kier molecular flexibility index (Phi) is 4.73. The molecule has 1 heterocycles. The van der Waals surface area contributed by atoms with E-state index in [9.17, 15) is 4.79 Å². The van der Waals surface area contributed by atoms with Crippen LogP contribution in [0.15, 0.2) is 18.2 Å². The van der Waals surface area contributed by atoms with E-state index in [1.807, 2.05) is 62.9 Å². The maximum Gasteiger partial charge on any atom is 0.322 e. The Labute approximate surface area is 126 Å². The van der Waals surface area contributed by atoms with Gasteiger partial charge in [-0.2, -0.15) is 0 Å². The number of amides is 2. The third kappa shape index (κ3) is 3.29. The van der Waals surface area contributed by atoms with Gasteiger partial charge in [0.05, 0.1) is 18.8 Å². The zero-order valence-corrected chi connectivity index (χ0v) is 13.5. The van der Waals surface area contributed by atoms with Gasteiger partial charge in [0.2, 0.25) is 0 Å². The van der Waals surface area contributed by atoms with Crippen molar-refractivity contribution in [1.82, 2.24) is 4.90 Å². The molecule has 1 aliphatic rings. The van der Waals surface area contributed by atoms with E-state index in [1.165, 1.54) is 0 Å². The van der Waals surface area contributed by atoms with Crippen LogP contribution in [0.3, 0.4) is 0 Å². The van der Waals surface area contributed by atoms with Crippen LogP contribution in [0.25, 0.3) is 0 Å². The highest BCUT2D eigenvalue weighted by atomic mass is 16.5. The SMILES string of the molecule is Cc1c(NC(=O)N2CCO[C@H](C)[C@H]2C)cccc1N(C)C. The number of urea groups is 1. The van der Waals surface area contributed by atoms with Crippen LogP contribution in [-0.2, 0) is 4.74 Å². The average molecular weight is 291 g/mol. The molecule has 1 saturated heterocycles. The van der Waals surface area contributed by atoms with E-state index in [4.69, 9.17) is 4.74 Å². The summed E-state index contributed by atoms with van der Waals surface area (Å²) < 4.78 is 5.57. The number of ether oxygens (including phenoxy) is 1. The van der Waals surface area contributed by atoms with Crippen LogP contribution < -0.4 is 10.2 Å². The summed E-state index contributed by atoms with van der Waals surface area (Å²) in [5.74, 6) is 0. The first kappa shape index (κ1) is 15.6. The van der Waals surface area contributed by atoms with Crippen LogP contribution in [0.4, 0.5) is 16.2 Å². The number of carbonyl (C=O) groups excluding carboxylic acids is 1. The highest BCUT2D eigenvalue weighted by molar-refractivity contribution is 5.91. The number of anilines is 2. The fraction of sp³-hybridized carbons (Fsp3) is 0.562. The largest absolute Gasteiger partial charge is 0.377 e. The lowest BCUT2D eigenvalue weighted by Gasteiger charge is -2.37. The molecule has 21 heavy (non-hydrogen) atoms. The molecule has 1 fully saturated rings. The first-order chi connectivity index (χ1) is 9.91. The number of benzene rings is 1. The molecule has 0 aliphatic carbocycles. The highest BCUT2D eigenvalue weighted by Gasteiger charge is 2.29. The van der Waals surface area contributed by atoms with Crippen LogP contribution in [0.2, 0.25) is 0 Å². The lowest BCUT2D eigenvalue weighted by Crippen LogP contribution is -2.52. The molecular weight excluding hydrogens is 266 g/mol. The van der Waals surface area contributed by atoms with Gasteiger partial charge in [-0.05, 0) is 38.5 Å². The Morgan fingerprint density at radius 2 is 2.10 bits per heavy atom. The van der Waals surface area contributed by atoms with Gasteiger partial charge < -0.3 is 19.9 Å². The van der Waals surface area contributed by atoms with Gasteiger partial charge >= 0.3 is 6.03 Å². The average Bonchev–Trinajstić information content (AvgIpc) is 2.43. The third-order valence-electron chi connectivity index (χ3n) is 4.17. The van der Waals surface area contributed by atoms with Crippen molar-refractivity contribution >= 4 is 17.4 Å².